The average Bonchev–Trinajstić information content (AvgIpc) is 3.03. The predicted molar refractivity (Wildman–Crippen MR) is 64.7 cm³/mol. The van der Waals surface area contributed by atoms with Crippen LogP contribution >= 0.6 is 0 Å². The second kappa shape index (κ2) is 4.28. The van der Waals surface area contributed by atoms with Gasteiger partial charge >= 0.3 is 0 Å². The maximum atomic E-state index is 12.0. The van der Waals surface area contributed by atoms with Gasteiger partial charge in [-0.2, -0.15) is 0 Å². The standard InChI is InChI=1S/C12H19N3O/c1-8(2)15-7-6-13-11(12(15)16)14-9(3)10-4-5-10/h6-10H,4-5H2,1-3H3,(H,13,14). The Hall–Kier alpha value is -1.32. The molecule has 1 saturated carbocycles. The van der Waals surface area contributed by atoms with Crippen LogP contribution in [-0.4, -0.2) is 15.6 Å². The first-order valence-corrected chi connectivity index (χ1v) is 5.93. The first-order chi connectivity index (χ1) is 7.59. The van der Waals surface area contributed by atoms with E-state index in [0.717, 1.165) is 0 Å². The first-order valence-electron chi connectivity index (χ1n) is 5.93. The van der Waals surface area contributed by atoms with Gasteiger partial charge in [0.05, 0.1) is 0 Å². The van der Waals surface area contributed by atoms with Gasteiger partial charge in [-0.05, 0) is 39.5 Å². The van der Waals surface area contributed by atoms with Crippen LogP contribution in [0.5, 0.6) is 0 Å². The molecule has 1 atom stereocenters. The van der Waals surface area contributed by atoms with Gasteiger partial charge in [-0.25, -0.2) is 4.98 Å². The summed E-state index contributed by atoms with van der Waals surface area (Å²) in [5.74, 6) is 1.20. The van der Waals surface area contributed by atoms with E-state index in [1.807, 2.05) is 13.8 Å². The fourth-order valence-corrected chi connectivity index (χ4v) is 1.86. The van der Waals surface area contributed by atoms with Crippen LogP contribution in [0, 0.1) is 5.92 Å². The lowest BCUT2D eigenvalue weighted by Gasteiger charge is -2.15. The van der Waals surface area contributed by atoms with Crippen molar-refractivity contribution in [3.8, 4) is 0 Å². The molecule has 0 bridgehead atoms. The Kier molecular flexibility index (Phi) is 2.99. The van der Waals surface area contributed by atoms with Gasteiger partial charge in [0.15, 0.2) is 5.82 Å². The highest BCUT2D eigenvalue weighted by molar-refractivity contribution is 5.32. The number of aromatic nitrogens is 2. The summed E-state index contributed by atoms with van der Waals surface area (Å²) in [4.78, 5) is 16.2. The molecule has 2 rings (SSSR count). The lowest BCUT2D eigenvalue weighted by atomic mass is 10.2. The largest absolute Gasteiger partial charge is 0.363 e. The van der Waals surface area contributed by atoms with Crippen LogP contribution in [0.2, 0.25) is 0 Å². The molecule has 4 heteroatoms. The summed E-state index contributed by atoms with van der Waals surface area (Å²) in [6.07, 6.45) is 5.95. The number of hydrogen-bond donors (Lipinski definition) is 1. The van der Waals surface area contributed by atoms with E-state index in [1.165, 1.54) is 12.8 Å². The Morgan fingerprint density at radius 2 is 2.12 bits per heavy atom. The molecule has 1 aromatic heterocycles. The minimum Gasteiger partial charge on any atom is -0.363 e. The third-order valence-electron chi connectivity index (χ3n) is 3.12. The average molecular weight is 221 g/mol. The van der Waals surface area contributed by atoms with Crippen LogP contribution in [0.4, 0.5) is 5.82 Å². The van der Waals surface area contributed by atoms with Gasteiger partial charge in [0.25, 0.3) is 5.56 Å². The molecule has 1 unspecified atom stereocenters. The Morgan fingerprint density at radius 1 is 1.44 bits per heavy atom. The highest BCUT2D eigenvalue weighted by Gasteiger charge is 2.28. The van der Waals surface area contributed by atoms with Crippen LogP contribution in [0.3, 0.4) is 0 Å². The zero-order chi connectivity index (χ0) is 11.7. The van der Waals surface area contributed by atoms with E-state index < -0.39 is 0 Å². The summed E-state index contributed by atoms with van der Waals surface area (Å²) in [5, 5.41) is 3.22. The van der Waals surface area contributed by atoms with Crippen molar-refractivity contribution in [2.24, 2.45) is 5.92 Å². The Labute approximate surface area is 95.7 Å². The summed E-state index contributed by atoms with van der Waals surface area (Å²) < 4.78 is 1.70. The van der Waals surface area contributed by atoms with E-state index in [0.29, 0.717) is 17.8 Å². The summed E-state index contributed by atoms with van der Waals surface area (Å²) >= 11 is 0. The van der Waals surface area contributed by atoms with Crippen molar-refractivity contribution in [1.82, 2.24) is 9.55 Å². The van der Waals surface area contributed by atoms with Gasteiger partial charge in [0.1, 0.15) is 0 Å². The van der Waals surface area contributed by atoms with Gasteiger partial charge in [-0.1, -0.05) is 0 Å². The van der Waals surface area contributed by atoms with E-state index in [1.54, 1.807) is 17.0 Å². The SMILES string of the molecule is CC(Nc1nccn(C(C)C)c1=O)C1CC1. The highest BCUT2D eigenvalue weighted by atomic mass is 16.1. The molecule has 1 aliphatic rings. The first kappa shape index (κ1) is 11.2. The van der Waals surface area contributed by atoms with Crippen molar-refractivity contribution in [2.45, 2.75) is 45.7 Å². The lowest BCUT2D eigenvalue weighted by Crippen LogP contribution is -2.29. The topological polar surface area (TPSA) is 46.9 Å². The summed E-state index contributed by atoms with van der Waals surface area (Å²) in [7, 11) is 0. The summed E-state index contributed by atoms with van der Waals surface area (Å²) in [5.41, 5.74) is -0.0231. The fourth-order valence-electron chi connectivity index (χ4n) is 1.86. The number of nitrogens with zero attached hydrogens (tertiary/aromatic N) is 2. The van der Waals surface area contributed by atoms with Crippen molar-refractivity contribution in [1.29, 1.82) is 0 Å². The van der Waals surface area contributed by atoms with E-state index in [2.05, 4.69) is 17.2 Å². The number of rotatable bonds is 4. The molecule has 1 N–H and O–H groups in total. The smallest absolute Gasteiger partial charge is 0.293 e. The normalized spacial score (nSPS) is 17.5. The van der Waals surface area contributed by atoms with Gasteiger partial charge in [0, 0.05) is 24.5 Å². The monoisotopic (exact) mass is 221 g/mol. The highest BCUT2D eigenvalue weighted by Crippen LogP contribution is 2.33. The van der Waals surface area contributed by atoms with Crippen LogP contribution in [-0.2, 0) is 0 Å². The second-order valence-corrected chi connectivity index (χ2v) is 4.85. The number of nitrogens with one attached hydrogen (secondary N) is 1. The Morgan fingerprint density at radius 3 is 2.69 bits per heavy atom. The van der Waals surface area contributed by atoms with Crippen molar-refractivity contribution >= 4 is 5.82 Å². The minimum atomic E-state index is -0.0231. The molecular weight excluding hydrogens is 202 g/mol. The number of anilines is 1. The van der Waals surface area contributed by atoms with Crippen LogP contribution in [0.25, 0.3) is 0 Å². The quantitative estimate of drug-likeness (QED) is 0.846. The van der Waals surface area contributed by atoms with Crippen LogP contribution in [0.1, 0.15) is 39.7 Å². The van der Waals surface area contributed by atoms with Crippen molar-refractivity contribution in [3.63, 3.8) is 0 Å². The van der Waals surface area contributed by atoms with E-state index in [-0.39, 0.29) is 11.6 Å². The zero-order valence-electron chi connectivity index (χ0n) is 10.1. The third-order valence-corrected chi connectivity index (χ3v) is 3.12. The molecular formula is C12H19N3O. The molecule has 1 aliphatic carbocycles. The Balaban J connectivity index is 2.20. The van der Waals surface area contributed by atoms with Gasteiger partial charge in [-0.3, -0.25) is 4.79 Å². The molecule has 0 spiro atoms. The maximum absolute atomic E-state index is 12.0. The molecule has 1 heterocycles. The molecule has 0 aliphatic heterocycles. The fraction of sp³-hybridized carbons (Fsp3) is 0.667. The molecule has 0 radical (unpaired) electrons. The van der Waals surface area contributed by atoms with E-state index >= 15 is 0 Å². The minimum absolute atomic E-state index is 0.0231. The molecule has 1 aromatic rings. The van der Waals surface area contributed by atoms with E-state index in [9.17, 15) is 4.79 Å². The number of hydrogen-bond acceptors (Lipinski definition) is 3. The van der Waals surface area contributed by atoms with Crippen LogP contribution < -0.4 is 10.9 Å². The summed E-state index contributed by atoms with van der Waals surface area (Å²) in [6.45, 7) is 6.11. The molecule has 0 aromatic carbocycles. The molecule has 4 nitrogen and oxygen atoms in total. The van der Waals surface area contributed by atoms with Crippen molar-refractivity contribution in [2.75, 3.05) is 5.32 Å². The molecule has 1 fully saturated rings. The van der Waals surface area contributed by atoms with Gasteiger partial charge in [-0.15, -0.1) is 0 Å². The molecule has 16 heavy (non-hydrogen) atoms. The molecule has 0 amide bonds. The third kappa shape index (κ3) is 2.26. The van der Waals surface area contributed by atoms with Gasteiger partial charge < -0.3 is 9.88 Å². The maximum Gasteiger partial charge on any atom is 0.293 e. The van der Waals surface area contributed by atoms with Crippen molar-refractivity contribution < 1.29 is 0 Å². The Bertz CT molecular complexity index is 421. The molecule has 0 saturated heterocycles. The van der Waals surface area contributed by atoms with Gasteiger partial charge in [0.2, 0.25) is 0 Å². The second-order valence-electron chi connectivity index (χ2n) is 4.85. The van der Waals surface area contributed by atoms with Crippen molar-refractivity contribution in [3.05, 3.63) is 22.7 Å². The predicted octanol–water partition coefficient (Wildman–Crippen LogP) is 2.03. The molecule has 88 valence electrons. The van der Waals surface area contributed by atoms with Crippen LogP contribution in [0.15, 0.2) is 17.2 Å². The lowest BCUT2D eigenvalue weighted by molar-refractivity contribution is 0.572. The zero-order valence-corrected chi connectivity index (χ0v) is 10.1. The summed E-state index contributed by atoms with van der Waals surface area (Å²) in [6, 6.07) is 0.524. The van der Waals surface area contributed by atoms with E-state index in [4.69, 9.17) is 0 Å².